The van der Waals surface area contributed by atoms with Crippen molar-refractivity contribution in [3.8, 4) is 0 Å². The summed E-state index contributed by atoms with van der Waals surface area (Å²) in [5.41, 5.74) is 0. The molecule has 0 spiro atoms. The summed E-state index contributed by atoms with van der Waals surface area (Å²) in [6.45, 7) is 14.3. The van der Waals surface area contributed by atoms with Crippen molar-refractivity contribution in [2.75, 3.05) is 39.6 Å². The van der Waals surface area contributed by atoms with Gasteiger partial charge < -0.3 is 33.8 Å². The number of carbonyl (C=O) groups excluding carboxylic acids is 4. The van der Waals surface area contributed by atoms with Gasteiger partial charge in [-0.2, -0.15) is 0 Å². The molecule has 0 rings (SSSR count). The van der Waals surface area contributed by atoms with Gasteiger partial charge in [-0.1, -0.05) is 370 Å². The van der Waals surface area contributed by atoms with Gasteiger partial charge in [-0.25, -0.2) is 9.13 Å². The van der Waals surface area contributed by atoms with E-state index in [0.29, 0.717) is 25.7 Å². The Bertz CT molecular complexity index is 1980. The van der Waals surface area contributed by atoms with Crippen LogP contribution in [0.2, 0.25) is 0 Å². The molecule has 19 heteroatoms. The predicted molar refractivity (Wildman–Crippen MR) is 414 cm³/mol. The molecule has 0 saturated heterocycles. The number of rotatable bonds is 79. The highest BCUT2D eigenvalue weighted by molar-refractivity contribution is 7.47. The second-order valence-corrected chi connectivity index (χ2v) is 33.9. The van der Waals surface area contributed by atoms with Crippen LogP contribution in [0.4, 0.5) is 0 Å². The maximum absolute atomic E-state index is 13.1. The molecule has 17 nitrogen and oxygen atoms in total. The number of unbranched alkanes of at least 4 members (excludes halogenated alkanes) is 43. The molecule has 0 aliphatic heterocycles. The molecule has 0 aliphatic rings. The minimum absolute atomic E-state index is 0.106. The fourth-order valence-corrected chi connectivity index (χ4v) is 14.1. The average Bonchev–Trinajstić information content (AvgIpc) is 0.932. The molecule has 5 unspecified atom stereocenters. The fourth-order valence-electron chi connectivity index (χ4n) is 12.5. The lowest BCUT2D eigenvalue weighted by atomic mass is 9.99. The van der Waals surface area contributed by atoms with Crippen molar-refractivity contribution in [2.24, 2.45) is 23.7 Å². The second-order valence-electron chi connectivity index (χ2n) is 31.0. The third kappa shape index (κ3) is 73.4. The van der Waals surface area contributed by atoms with Crippen LogP contribution >= 0.6 is 15.6 Å². The average molecular weight is 1480 g/mol. The quantitative estimate of drug-likeness (QED) is 0.0222. The van der Waals surface area contributed by atoms with Gasteiger partial charge in [-0.15, -0.1) is 0 Å². The number of phosphoric acid groups is 2. The number of aliphatic hydroxyl groups is 1. The van der Waals surface area contributed by atoms with Crippen LogP contribution in [0.15, 0.2) is 0 Å². The summed E-state index contributed by atoms with van der Waals surface area (Å²) in [6, 6.07) is 0. The number of carbonyl (C=O) groups is 4. The first-order chi connectivity index (χ1) is 48.7. The van der Waals surface area contributed by atoms with Crippen molar-refractivity contribution in [3.05, 3.63) is 0 Å². The number of hydrogen-bond acceptors (Lipinski definition) is 15. The highest BCUT2D eigenvalue weighted by atomic mass is 31.2. The Kier molecular flexibility index (Phi) is 69.6. The second kappa shape index (κ2) is 71.0. The smallest absolute Gasteiger partial charge is 0.462 e. The molecular weight excluding hydrogens is 1320 g/mol. The zero-order chi connectivity index (χ0) is 74.6. The molecule has 0 aromatic heterocycles. The Labute approximate surface area is 619 Å². The zero-order valence-electron chi connectivity index (χ0n) is 66.5. The Balaban J connectivity index is 5.23. The van der Waals surface area contributed by atoms with E-state index < -0.39 is 97.5 Å². The lowest BCUT2D eigenvalue weighted by molar-refractivity contribution is -0.161. The van der Waals surface area contributed by atoms with E-state index in [1.807, 2.05) is 0 Å². The molecular formula is C82H160O17P2. The van der Waals surface area contributed by atoms with Crippen molar-refractivity contribution in [2.45, 2.75) is 440 Å². The first-order valence-electron chi connectivity index (χ1n) is 42.3. The molecule has 0 radical (unpaired) electrons. The van der Waals surface area contributed by atoms with Gasteiger partial charge in [-0.05, 0) is 49.4 Å². The molecule has 0 aromatic rings. The van der Waals surface area contributed by atoms with E-state index >= 15 is 0 Å². The van der Waals surface area contributed by atoms with E-state index in [2.05, 4.69) is 55.4 Å². The van der Waals surface area contributed by atoms with Crippen LogP contribution in [-0.2, 0) is 65.4 Å². The summed E-state index contributed by atoms with van der Waals surface area (Å²) >= 11 is 0. The molecule has 0 saturated carbocycles. The molecule has 0 amide bonds. The summed E-state index contributed by atoms with van der Waals surface area (Å²) in [6.07, 6.45) is 58.2. The summed E-state index contributed by atoms with van der Waals surface area (Å²) < 4.78 is 68.7. The van der Waals surface area contributed by atoms with Gasteiger partial charge in [0.2, 0.25) is 0 Å². The SMILES string of the molecule is CCC(C)CCCCCCCCCCCCCCCCCCCCC(=O)O[C@H](COC(=O)CCCCCCCCCCCCC(C)CC)COP(=O)(O)OCC(O)COP(=O)(O)OC[C@@H](COC(=O)CCCCCCCCCCC(C)C)OC(=O)CCCCCCCCCCCCCC(C)C. The maximum Gasteiger partial charge on any atom is 0.472 e. The topological polar surface area (TPSA) is 237 Å². The number of ether oxygens (including phenoxy) is 4. The van der Waals surface area contributed by atoms with Gasteiger partial charge in [0.05, 0.1) is 26.4 Å². The van der Waals surface area contributed by atoms with Crippen LogP contribution in [0.5, 0.6) is 0 Å². The Hall–Kier alpha value is -1.94. The van der Waals surface area contributed by atoms with Crippen LogP contribution in [0.3, 0.4) is 0 Å². The number of esters is 4. The first-order valence-corrected chi connectivity index (χ1v) is 45.3. The summed E-state index contributed by atoms with van der Waals surface area (Å²) in [7, 11) is -9.92. The lowest BCUT2D eigenvalue weighted by Gasteiger charge is -2.21. The molecule has 101 heavy (non-hydrogen) atoms. The molecule has 0 bridgehead atoms. The van der Waals surface area contributed by atoms with Crippen LogP contribution in [0, 0.1) is 23.7 Å². The Morgan fingerprint density at radius 1 is 0.277 bits per heavy atom. The van der Waals surface area contributed by atoms with Gasteiger partial charge in [0, 0.05) is 25.7 Å². The van der Waals surface area contributed by atoms with Gasteiger partial charge >= 0.3 is 39.5 Å². The first kappa shape index (κ1) is 99.1. The number of hydrogen-bond donors (Lipinski definition) is 3. The molecule has 600 valence electrons. The lowest BCUT2D eigenvalue weighted by Crippen LogP contribution is -2.30. The van der Waals surface area contributed by atoms with Crippen molar-refractivity contribution in [3.63, 3.8) is 0 Å². The molecule has 0 aromatic carbocycles. The monoisotopic (exact) mass is 1480 g/mol. The number of phosphoric ester groups is 2. The Morgan fingerprint density at radius 2 is 0.475 bits per heavy atom. The Morgan fingerprint density at radius 3 is 0.703 bits per heavy atom. The van der Waals surface area contributed by atoms with Gasteiger partial charge in [0.25, 0.3) is 0 Å². The standard InChI is InChI=1S/C82H160O17P2/c1-9-74(7)60-52-44-36-27-21-17-15-13-11-12-14-16-18-22-30-40-48-56-64-81(86)98-77(68-92-79(84)62-54-46-38-29-25-24-28-37-45-53-61-75(8)10-2)70-96-100(88,89)94-66-76(83)67-95-101(90,91)97-71-78(69-93-80(85)63-55-47-39-33-32-35-43-51-59-73(5)6)99-82(87)65-57-49-41-31-23-19-20-26-34-42-50-58-72(3)4/h72-78,83H,9-71H2,1-8H3,(H,88,89)(H,90,91)/t74?,75?,76?,77-,78-/m1/s1. The van der Waals surface area contributed by atoms with Crippen LogP contribution in [0.25, 0.3) is 0 Å². The fraction of sp³-hybridized carbons (Fsp3) is 0.951. The van der Waals surface area contributed by atoms with E-state index in [9.17, 15) is 43.2 Å². The molecule has 0 heterocycles. The minimum Gasteiger partial charge on any atom is -0.462 e. The normalized spacial score (nSPS) is 14.5. The number of aliphatic hydroxyl groups excluding tert-OH is 1. The summed E-state index contributed by atoms with van der Waals surface area (Å²) in [5.74, 6) is 1.06. The van der Waals surface area contributed by atoms with Gasteiger partial charge in [0.1, 0.15) is 19.3 Å². The third-order valence-corrected chi connectivity index (χ3v) is 21.7. The third-order valence-electron chi connectivity index (χ3n) is 19.8. The van der Waals surface area contributed by atoms with E-state index in [1.165, 1.54) is 225 Å². The van der Waals surface area contributed by atoms with E-state index in [0.717, 1.165) is 114 Å². The van der Waals surface area contributed by atoms with Gasteiger partial charge in [-0.3, -0.25) is 37.3 Å². The maximum atomic E-state index is 13.1. The molecule has 3 N–H and O–H groups in total. The highest BCUT2D eigenvalue weighted by Gasteiger charge is 2.30. The largest absolute Gasteiger partial charge is 0.472 e. The van der Waals surface area contributed by atoms with Gasteiger partial charge in [0.15, 0.2) is 12.2 Å². The molecule has 0 fully saturated rings. The van der Waals surface area contributed by atoms with Crippen LogP contribution in [0.1, 0.15) is 421 Å². The van der Waals surface area contributed by atoms with Crippen LogP contribution < -0.4 is 0 Å². The van der Waals surface area contributed by atoms with Crippen molar-refractivity contribution < 1.29 is 80.2 Å². The van der Waals surface area contributed by atoms with E-state index in [1.54, 1.807) is 0 Å². The summed E-state index contributed by atoms with van der Waals surface area (Å²) in [4.78, 5) is 73.0. The minimum atomic E-state index is -4.96. The zero-order valence-corrected chi connectivity index (χ0v) is 68.3. The van der Waals surface area contributed by atoms with E-state index in [-0.39, 0.29) is 25.7 Å². The molecule has 7 atom stereocenters. The van der Waals surface area contributed by atoms with Crippen molar-refractivity contribution in [1.29, 1.82) is 0 Å². The molecule has 0 aliphatic carbocycles. The highest BCUT2D eigenvalue weighted by Crippen LogP contribution is 2.45. The van der Waals surface area contributed by atoms with E-state index in [4.69, 9.17) is 37.0 Å². The van der Waals surface area contributed by atoms with Crippen molar-refractivity contribution >= 4 is 39.5 Å². The predicted octanol–water partition coefficient (Wildman–Crippen LogP) is 24.4. The van der Waals surface area contributed by atoms with Crippen LogP contribution in [-0.4, -0.2) is 96.7 Å². The van der Waals surface area contributed by atoms with Crippen molar-refractivity contribution in [1.82, 2.24) is 0 Å². The summed E-state index contributed by atoms with van der Waals surface area (Å²) in [5, 5.41) is 10.6.